The lowest BCUT2D eigenvalue weighted by atomic mass is 10.1. The first-order valence-corrected chi connectivity index (χ1v) is 7.22. The van der Waals surface area contributed by atoms with E-state index >= 15 is 0 Å². The van der Waals surface area contributed by atoms with E-state index in [2.05, 4.69) is 38.6 Å². The first-order chi connectivity index (χ1) is 9.65. The first kappa shape index (κ1) is 14.8. The SMILES string of the molecule is CCC(CC)N(C)c1nc(N)nc(N2CCOCC2)n1. The van der Waals surface area contributed by atoms with Gasteiger partial charge in [0.2, 0.25) is 17.8 Å². The van der Waals surface area contributed by atoms with Gasteiger partial charge in [-0.05, 0) is 12.8 Å². The molecule has 7 nitrogen and oxygen atoms in total. The van der Waals surface area contributed by atoms with Gasteiger partial charge in [0, 0.05) is 26.2 Å². The molecule has 2 rings (SSSR count). The van der Waals surface area contributed by atoms with E-state index < -0.39 is 0 Å². The summed E-state index contributed by atoms with van der Waals surface area (Å²) in [4.78, 5) is 17.3. The summed E-state index contributed by atoms with van der Waals surface area (Å²) in [6, 6.07) is 0.411. The lowest BCUT2D eigenvalue weighted by Gasteiger charge is -2.29. The van der Waals surface area contributed by atoms with E-state index in [1.54, 1.807) is 0 Å². The Hall–Kier alpha value is -1.63. The minimum Gasteiger partial charge on any atom is -0.378 e. The van der Waals surface area contributed by atoms with Crippen LogP contribution in [-0.2, 0) is 4.74 Å². The zero-order chi connectivity index (χ0) is 14.5. The van der Waals surface area contributed by atoms with Crippen LogP contribution in [0.2, 0.25) is 0 Å². The number of hydrogen-bond donors (Lipinski definition) is 1. The Bertz CT molecular complexity index is 431. The van der Waals surface area contributed by atoms with Gasteiger partial charge in [0.1, 0.15) is 0 Å². The summed E-state index contributed by atoms with van der Waals surface area (Å²) in [5, 5.41) is 0. The first-order valence-electron chi connectivity index (χ1n) is 7.22. The molecule has 0 bridgehead atoms. The fraction of sp³-hybridized carbons (Fsp3) is 0.769. The monoisotopic (exact) mass is 280 g/mol. The van der Waals surface area contributed by atoms with E-state index in [0.29, 0.717) is 31.2 Å². The third-order valence-electron chi connectivity index (χ3n) is 3.73. The molecule has 0 amide bonds. The Morgan fingerprint density at radius 2 is 1.85 bits per heavy atom. The van der Waals surface area contributed by atoms with Gasteiger partial charge in [0.15, 0.2) is 0 Å². The van der Waals surface area contributed by atoms with Crippen molar-refractivity contribution in [2.24, 2.45) is 0 Å². The molecule has 0 spiro atoms. The highest BCUT2D eigenvalue weighted by Crippen LogP contribution is 2.19. The van der Waals surface area contributed by atoms with Crippen LogP contribution in [0.4, 0.5) is 17.8 Å². The van der Waals surface area contributed by atoms with Gasteiger partial charge < -0.3 is 20.3 Å². The van der Waals surface area contributed by atoms with Gasteiger partial charge in [-0.3, -0.25) is 0 Å². The van der Waals surface area contributed by atoms with Crippen molar-refractivity contribution in [2.45, 2.75) is 32.7 Å². The molecule has 0 aromatic carbocycles. The van der Waals surface area contributed by atoms with Crippen LogP contribution in [-0.4, -0.2) is 54.3 Å². The lowest BCUT2D eigenvalue weighted by Crippen LogP contribution is -2.38. The predicted octanol–water partition coefficient (Wildman–Crippen LogP) is 0.915. The largest absolute Gasteiger partial charge is 0.378 e. The number of ether oxygens (including phenoxy) is 1. The van der Waals surface area contributed by atoms with Crippen LogP contribution in [0.3, 0.4) is 0 Å². The second-order valence-electron chi connectivity index (χ2n) is 4.97. The van der Waals surface area contributed by atoms with Crippen molar-refractivity contribution in [2.75, 3.05) is 48.9 Å². The maximum Gasteiger partial charge on any atom is 0.232 e. The van der Waals surface area contributed by atoms with Crippen LogP contribution < -0.4 is 15.5 Å². The molecule has 0 radical (unpaired) electrons. The fourth-order valence-corrected chi connectivity index (χ4v) is 2.43. The van der Waals surface area contributed by atoms with Crippen molar-refractivity contribution in [3.63, 3.8) is 0 Å². The van der Waals surface area contributed by atoms with E-state index in [9.17, 15) is 0 Å². The van der Waals surface area contributed by atoms with Gasteiger partial charge in [-0.2, -0.15) is 15.0 Å². The molecule has 1 aromatic rings. The molecule has 1 aliphatic heterocycles. The molecular weight excluding hydrogens is 256 g/mol. The Balaban J connectivity index is 2.23. The summed E-state index contributed by atoms with van der Waals surface area (Å²) in [7, 11) is 2.01. The van der Waals surface area contributed by atoms with Crippen molar-refractivity contribution in [1.29, 1.82) is 0 Å². The van der Waals surface area contributed by atoms with Gasteiger partial charge in [0.05, 0.1) is 13.2 Å². The summed E-state index contributed by atoms with van der Waals surface area (Å²) in [6.07, 6.45) is 2.09. The van der Waals surface area contributed by atoms with E-state index in [0.717, 1.165) is 25.9 Å². The van der Waals surface area contributed by atoms with E-state index in [1.807, 2.05) is 7.05 Å². The van der Waals surface area contributed by atoms with Crippen molar-refractivity contribution in [3.05, 3.63) is 0 Å². The summed E-state index contributed by atoms with van der Waals surface area (Å²) in [5.74, 6) is 1.57. The maximum atomic E-state index is 5.84. The molecule has 1 aliphatic rings. The van der Waals surface area contributed by atoms with Gasteiger partial charge in [0.25, 0.3) is 0 Å². The number of nitrogens with two attached hydrogens (primary N) is 1. The Morgan fingerprint density at radius 1 is 1.20 bits per heavy atom. The topological polar surface area (TPSA) is 80.4 Å². The normalized spacial score (nSPS) is 15.7. The van der Waals surface area contributed by atoms with Crippen LogP contribution in [0, 0.1) is 0 Å². The van der Waals surface area contributed by atoms with Crippen molar-refractivity contribution >= 4 is 17.8 Å². The van der Waals surface area contributed by atoms with E-state index in [1.165, 1.54) is 0 Å². The predicted molar refractivity (Wildman–Crippen MR) is 80.0 cm³/mol. The number of aromatic nitrogens is 3. The van der Waals surface area contributed by atoms with Gasteiger partial charge >= 0.3 is 0 Å². The molecular formula is C13H24N6O. The molecule has 2 N–H and O–H groups in total. The second kappa shape index (κ2) is 6.69. The average Bonchev–Trinajstić information content (AvgIpc) is 2.48. The number of morpholine rings is 1. The molecule has 2 heterocycles. The van der Waals surface area contributed by atoms with Crippen LogP contribution in [0.25, 0.3) is 0 Å². The quantitative estimate of drug-likeness (QED) is 0.858. The second-order valence-corrected chi connectivity index (χ2v) is 4.97. The zero-order valence-corrected chi connectivity index (χ0v) is 12.5. The molecule has 1 saturated heterocycles. The van der Waals surface area contributed by atoms with Crippen molar-refractivity contribution in [1.82, 2.24) is 15.0 Å². The third kappa shape index (κ3) is 3.27. The number of anilines is 3. The van der Waals surface area contributed by atoms with Crippen molar-refractivity contribution in [3.8, 4) is 0 Å². The third-order valence-corrected chi connectivity index (χ3v) is 3.73. The number of rotatable bonds is 5. The molecule has 1 aromatic heterocycles. The highest BCUT2D eigenvalue weighted by atomic mass is 16.5. The van der Waals surface area contributed by atoms with Crippen LogP contribution in [0.5, 0.6) is 0 Å². The van der Waals surface area contributed by atoms with Gasteiger partial charge in [-0.25, -0.2) is 0 Å². The summed E-state index contributed by atoms with van der Waals surface area (Å²) < 4.78 is 5.35. The van der Waals surface area contributed by atoms with Crippen LogP contribution >= 0.6 is 0 Å². The van der Waals surface area contributed by atoms with E-state index in [4.69, 9.17) is 10.5 Å². The summed E-state index contributed by atoms with van der Waals surface area (Å²) >= 11 is 0. The van der Waals surface area contributed by atoms with Crippen LogP contribution in [0.1, 0.15) is 26.7 Å². The maximum absolute atomic E-state index is 5.84. The standard InChI is InChI=1S/C13H24N6O/c1-4-10(5-2)18(3)12-15-11(14)16-13(17-12)19-6-8-20-9-7-19/h10H,4-9H2,1-3H3,(H2,14,15,16,17). The molecule has 0 atom stereocenters. The molecule has 7 heteroatoms. The molecule has 0 aliphatic carbocycles. The van der Waals surface area contributed by atoms with Gasteiger partial charge in [-0.1, -0.05) is 13.8 Å². The highest BCUT2D eigenvalue weighted by molar-refractivity contribution is 5.43. The van der Waals surface area contributed by atoms with E-state index in [-0.39, 0.29) is 5.95 Å². The number of nitrogens with zero attached hydrogens (tertiary/aromatic N) is 5. The van der Waals surface area contributed by atoms with Gasteiger partial charge in [-0.15, -0.1) is 0 Å². The highest BCUT2D eigenvalue weighted by Gasteiger charge is 2.19. The van der Waals surface area contributed by atoms with Crippen molar-refractivity contribution < 1.29 is 4.74 Å². The number of hydrogen-bond acceptors (Lipinski definition) is 7. The zero-order valence-electron chi connectivity index (χ0n) is 12.5. The summed E-state index contributed by atoms with van der Waals surface area (Å²) in [5.41, 5.74) is 5.84. The minimum atomic E-state index is 0.272. The molecule has 112 valence electrons. The summed E-state index contributed by atoms with van der Waals surface area (Å²) in [6.45, 7) is 7.30. The lowest BCUT2D eigenvalue weighted by molar-refractivity contribution is 0.122. The Kier molecular flexibility index (Phi) is 4.94. The minimum absolute atomic E-state index is 0.272. The molecule has 1 fully saturated rings. The molecule has 20 heavy (non-hydrogen) atoms. The fourth-order valence-electron chi connectivity index (χ4n) is 2.43. The molecule has 0 unspecified atom stereocenters. The smallest absolute Gasteiger partial charge is 0.232 e. The number of nitrogen functional groups attached to an aromatic ring is 1. The van der Waals surface area contributed by atoms with Crippen LogP contribution in [0.15, 0.2) is 0 Å². The Labute approximate surface area is 120 Å². The Morgan fingerprint density at radius 3 is 2.45 bits per heavy atom. The molecule has 0 saturated carbocycles. The average molecular weight is 280 g/mol.